The van der Waals surface area contributed by atoms with Crippen molar-refractivity contribution in [3.8, 4) is 11.5 Å². The molecule has 0 heterocycles. The van der Waals surface area contributed by atoms with Crippen LogP contribution in [0, 0.1) is 0 Å². The van der Waals surface area contributed by atoms with E-state index in [-0.39, 0.29) is 19.6 Å². The van der Waals surface area contributed by atoms with Gasteiger partial charge in [0.15, 0.2) is 0 Å². The lowest BCUT2D eigenvalue weighted by Crippen LogP contribution is -2.21. The predicted molar refractivity (Wildman–Crippen MR) is 187 cm³/mol. The van der Waals surface area contributed by atoms with Crippen LogP contribution in [-0.4, -0.2) is 42.9 Å². The van der Waals surface area contributed by atoms with Gasteiger partial charge < -0.3 is 28.8 Å². The van der Waals surface area contributed by atoms with E-state index in [0.29, 0.717) is 49.0 Å². The van der Waals surface area contributed by atoms with Crippen LogP contribution in [0.15, 0.2) is 84.9 Å². The van der Waals surface area contributed by atoms with Crippen molar-refractivity contribution in [1.29, 1.82) is 0 Å². The minimum absolute atomic E-state index is 0.167. The van der Waals surface area contributed by atoms with Gasteiger partial charge in [-0.25, -0.2) is 0 Å². The van der Waals surface area contributed by atoms with Gasteiger partial charge in [0.1, 0.15) is 44.2 Å². The predicted octanol–water partition coefficient (Wildman–Crippen LogP) is 11.4. The lowest BCUT2D eigenvalue weighted by atomic mass is 10.1. The molecule has 0 fully saturated rings. The fourth-order valence-corrected chi connectivity index (χ4v) is 5.00. The van der Waals surface area contributed by atoms with Crippen LogP contribution in [0.3, 0.4) is 0 Å². The molecule has 286 valence electrons. The molecule has 0 amide bonds. The van der Waals surface area contributed by atoms with Gasteiger partial charge in [-0.1, -0.05) is 82.8 Å². The number of aldehydes is 1. The normalized spacial score (nSPS) is 12.6. The number of carbonyl (C=O) groups is 2. The van der Waals surface area contributed by atoms with Gasteiger partial charge >= 0.3 is 18.3 Å². The van der Waals surface area contributed by atoms with Crippen LogP contribution in [0.5, 0.6) is 11.5 Å². The van der Waals surface area contributed by atoms with Gasteiger partial charge in [0, 0.05) is 6.42 Å². The van der Waals surface area contributed by atoms with E-state index in [0.717, 1.165) is 11.1 Å². The van der Waals surface area contributed by atoms with Crippen molar-refractivity contribution in [3.63, 3.8) is 0 Å². The maximum Gasteiger partial charge on any atom is 0.411 e. The first-order valence-electron chi connectivity index (χ1n) is 15.3. The molecule has 7 nitrogen and oxygen atoms in total. The number of aliphatic carboxylic acids is 1. The van der Waals surface area contributed by atoms with Crippen LogP contribution in [-0.2, 0) is 32.3 Å². The van der Waals surface area contributed by atoms with E-state index in [1.54, 1.807) is 60.7 Å². The molecule has 2 atom stereocenters. The van der Waals surface area contributed by atoms with E-state index < -0.39 is 50.2 Å². The Hall–Kier alpha value is -3.72. The number of hydrogen-bond donors (Lipinski definition) is 1. The highest BCUT2D eigenvalue weighted by atomic mass is 35.5. The van der Waals surface area contributed by atoms with Gasteiger partial charge in [-0.05, 0) is 70.8 Å². The van der Waals surface area contributed by atoms with E-state index in [2.05, 4.69) is 0 Å². The SMILES string of the molecule is O=C(O)CC(OCC(F)(F)F)c1ccc(OCc2ccc(Cl)c(Cl)c2)cc1.O=CCC(OCC(F)(F)F)c1ccc(OCc2ccc(Cl)c(Cl)c2)cc1. The van der Waals surface area contributed by atoms with Crippen molar-refractivity contribution in [2.45, 2.75) is 50.6 Å². The van der Waals surface area contributed by atoms with E-state index >= 15 is 0 Å². The van der Waals surface area contributed by atoms with Crippen molar-refractivity contribution in [2.24, 2.45) is 0 Å². The quantitative estimate of drug-likeness (QED) is 0.0888. The first-order valence-corrected chi connectivity index (χ1v) is 16.8. The van der Waals surface area contributed by atoms with E-state index in [4.69, 9.17) is 70.5 Å². The van der Waals surface area contributed by atoms with Crippen LogP contribution in [0.25, 0.3) is 0 Å². The molecule has 1 N–H and O–H groups in total. The van der Waals surface area contributed by atoms with E-state index in [1.807, 2.05) is 0 Å². The van der Waals surface area contributed by atoms with Gasteiger partial charge in [-0.2, -0.15) is 26.3 Å². The average Bonchev–Trinajstić information content (AvgIpc) is 3.09. The molecule has 0 aliphatic heterocycles. The standard InChI is InChI=1S/C18H15Cl2F3O4.C18H15Cl2F3O3/c19-14-6-1-11(7-15(14)20)9-26-13-4-2-12(3-5-13)16(8-17(24)25)27-10-18(21,22)23;19-15-6-1-12(9-16(15)20)10-25-14-4-2-13(3-5-14)17(7-8-24)26-11-18(21,22)23/h1-7,16H,8-10H2,(H,24,25);1-6,8-9,17H,7,10-11H2. The molecule has 0 aliphatic carbocycles. The number of alkyl halides is 6. The van der Waals surface area contributed by atoms with Crippen molar-refractivity contribution >= 4 is 58.7 Å². The van der Waals surface area contributed by atoms with Gasteiger partial charge in [-0.15, -0.1) is 0 Å². The van der Waals surface area contributed by atoms with Crippen molar-refractivity contribution in [1.82, 2.24) is 0 Å². The van der Waals surface area contributed by atoms with E-state index in [1.165, 1.54) is 24.3 Å². The Morgan fingerprint density at radius 1 is 0.623 bits per heavy atom. The summed E-state index contributed by atoms with van der Waals surface area (Å²) in [6, 6.07) is 22.5. The van der Waals surface area contributed by atoms with Crippen molar-refractivity contribution < 1.29 is 60.0 Å². The van der Waals surface area contributed by atoms with Crippen molar-refractivity contribution in [3.05, 3.63) is 127 Å². The number of ether oxygens (including phenoxy) is 4. The fourth-order valence-electron chi connectivity index (χ4n) is 4.36. The summed E-state index contributed by atoms with van der Waals surface area (Å²) in [4.78, 5) is 21.6. The van der Waals surface area contributed by atoms with Gasteiger partial charge in [0.2, 0.25) is 0 Å². The summed E-state index contributed by atoms with van der Waals surface area (Å²) in [5, 5.41) is 10.6. The molecular formula is C36H30Cl4F6O7. The maximum absolute atomic E-state index is 12.3. The molecule has 17 heteroatoms. The molecule has 2 unspecified atom stereocenters. The largest absolute Gasteiger partial charge is 0.489 e. The van der Waals surface area contributed by atoms with Crippen LogP contribution in [0.2, 0.25) is 20.1 Å². The number of benzene rings is 4. The Kier molecular flexibility index (Phi) is 17.0. The van der Waals surface area contributed by atoms with Crippen LogP contribution in [0.1, 0.15) is 47.3 Å². The summed E-state index contributed by atoms with van der Waals surface area (Å²) < 4.78 is 94.6. The number of halogens is 10. The topological polar surface area (TPSA) is 91.3 Å². The van der Waals surface area contributed by atoms with Gasteiger partial charge in [-0.3, -0.25) is 4.79 Å². The Bertz CT molecular complexity index is 1770. The monoisotopic (exact) mass is 828 g/mol. The van der Waals surface area contributed by atoms with Crippen LogP contribution in [0.4, 0.5) is 26.3 Å². The molecule has 53 heavy (non-hydrogen) atoms. The number of hydrogen-bond acceptors (Lipinski definition) is 6. The maximum atomic E-state index is 12.3. The lowest BCUT2D eigenvalue weighted by Gasteiger charge is -2.18. The Morgan fingerprint density at radius 3 is 1.38 bits per heavy atom. The third kappa shape index (κ3) is 16.5. The summed E-state index contributed by atoms with van der Waals surface area (Å²) in [5.74, 6) is -0.294. The number of carboxylic acid groups (broad SMARTS) is 1. The molecule has 4 rings (SSSR count). The fraction of sp³-hybridized carbons (Fsp3) is 0.278. The first kappa shape index (κ1) is 43.7. The highest BCUT2D eigenvalue weighted by molar-refractivity contribution is 6.42. The second-order valence-electron chi connectivity index (χ2n) is 11.0. The second-order valence-corrected chi connectivity index (χ2v) is 12.7. The third-order valence-electron chi connectivity index (χ3n) is 6.85. The van der Waals surface area contributed by atoms with Gasteiger partial charge in [0.25, 0.3) is 0 Å². The minimum Gasteiger partial charge on any atom is -0.489 e. The highest BCUT2D eigenvalue weighted by Gasteiger charge is 2.31. The molecule has 0 spiro atoms. The molecule has 0 aromatic heterocycles. The molecular weight excluding hydrogens is 800 g/mol. The molecule has 0 saturated carbocycles. The zero-order valence-corrected chi connectivity index (χ0v) is 30.3. The summed E-state index contributed by atoms with van der Waals surface area (Å²) in [6.07, 6.45) is -11.4. The number of rotatable bonds is 16. The van der Waals surface area contributed by atoms with E-state index in [9.17, 15) is 35.9 Å². The average molecular weight is 830 g/mol. The first-order chi connectivity index (χ1) is 24.9. The summed E-state index contributed by atoms with van der Waals surface area (Å²) in [6.45, 7) is -2.49. The van der Waals surface area contributed by atoms with Gasteiger partial charge in [0.05, 0.1) is 38.7 Å². The zero-order chi connectivity index (χ0) is 39.2. The minimum atomic E-state index is -4.54. The number of carboxylic acids is 1. The third-order valence-corrected chi connectivity index (χ3v) is 8.33. The Labute approximate surface area is 320 Å². The van der Waals surface area contributed by atoms with Crippen LogP contribution < -0.4 is 9.47 Å². The zero-order valence-electron chi connectivity index (χ0n) is 27.2. The molecule has 0 saturated heterocycles. The molecule has 0 bridgehead atoms. The molecule has 0 radical (unpaired) electrons. The summed E-state index contributed by atoms with van der Waals surface area (Å²) in [7, 11) is 0. The van der Waals surface area contributed by atoms with Crippen molar-refractivity contribution in [2.75, 3.05) is 13.2 Å². The molecule has 0 aliphatic rings. The second kappa shape index (κ2) is 20.7. The summed E-state index contributed by atoms with van der Waals surface area (Å²) in [5.41, 5.74) is 2.37. The molecule has 4 aromatic carbocycles. The smallest absolute Gasteiger partial charge is 0.411 e. The Balaban J connectivity index is 0.000000286. The lowest BCUT2D eigenvalue weighted by molar-refractivity contribution is -0.189. The van der Waals surface area contributed by atoms with Crippen LogP contribution >= 0.6 is 46.4 Å². The molecule has 4 aromatic rings. The Morgan fingerprint density at radius 2 is 1.02 bits per heavy atom. The highest BCUT2D eigenvalue weighted by Crippen LogP contribution is 2.29. The summed E-state index contributed by atoms with van der Waals surface area (Å²) >= 11 is 23.5. The number of carbonyl (C=O) groups excluding carboxylic acids is 1.